The lowest BCUT2D eigenvalue weighted by Gasteiger charge is -2.24. The Morgan fingerprint density at radius 2 is 0.853 bits per heavy atom. The third-order valence-electron chi connectivity index (χ3n) is 6.78. The van der Waals surface area contributed by atoms with Gasteiger partial charge in [0.25, 0.3) is 0 Å². The molecule has 0 aliphatic rings. The second kappa shape index (κ2) is 11.3. The van der Waals surface area contributed by atoms with Crippen LogP contribution in [0.4, 0.5) is 11.4 Å². The number of rotatable bonds is 10. The van der Waals surface area contributed by atoms with E-state index in [1.165, 1.54) is 22.5 Å². The Morgan fingerprint density at radius 3 is 1.12 bits per heavy atom. The molecule has 3 rings (SSSR count). The highest BCUT2D eigenvalue weighted by atomic mass is 16.5. The monoisotopic (exact) mass is 460 g/mol. The van der Waals surface area contributed by atoms with Gasteiger partial charge < -0.3 is 19.3 Å². The summed E-state index contributed by atoms with van der Waals surface area (Å²) in [6.45, 7) is 17.1. The molecule has 182 valence electrons. The van der Waals surface area contributed by atoms with Gasteiger partial charge in [0, 0.05) is 48.7 Å². The summed E-state index contributed by atoms with van der Waals surface area (Å²) in [6.07, 6.45) is 0. The van der Waals surface area contributed by atoms with Gasteiger partial charge in [0.1, 0.15) is 0 Å². The molecule has 0 unspecified atom stereocenters. The van der Waals surface area contributed by atoms with Crippen LogP contribution >= 0.6 is 0 Å². The average molecular weight is 461 g/mol. The predicted molar refractivity (Wildman–Crippen MR) is 147 cm³/mol. The van der Waals surface area contributed by atoms with Gasteiger partial charge in [-0.05, 0) is 100 Å². The van der Waals surface area contributed by atoms with Gasteiger partial charge in [-0.1, -0.05) is 12.1 Å². The van der Waals surface area contributed by atoms with Crippen LogP contribution in [0.3, 0.4) is 0 Å². The topological polar surface area (TPSA) is 24.9 Å². The van der Waals surface area contributed by atoms with Gasteiger partial charge in [-0.2, -0.15) is 0 Å². The minimum atomic E-state index is 0.769. The third kappa shape index (κ3) is 4.86. The molecule has 0 spiro atoms. The molecule has 4 heteroatoms. The van der Waals surface area contributed by atoms with Crippen molar-refractivity contribution in [2.75, 3.05) is 50.2 Å². The number of nitrogens with zero attached hydrogens (tertiary/aromatic N) is 2. The molecule has 3 aromatic carbocycles. The highest BCUT2D eigenvalue weighted by molar-refractivity contribution is 5.86. The van der Waals surface area contributed by atoms with Crippen molar-refractivity contribution in [3.05, 3.63) is 59.7 Å². The zero-order chi connectivity index (χ0) is 24.8. The molecule has 0 fully saturated rings. The van der Waals surface area contributed by atoms with Crippen LogP contribution < -0.4 is 19.3 Å². The molecule has 0 atom stereocenters. The van der Waals surface area contributed by atoms with Crippen molar-refractivity contribution in [3.8, 4) is 33.8 Å². The Labute approximate surface area is 206 Å². The van der Waals surface area contributed by atoms with Gasteiger partial charge in [-0.3, -0.25) is 0 Å². The summed E-state index contributed by atoms with van der Waals surface area (Å²) < 4.78 is 11.9. The van der Waals surface area contributed by atoms with Crippen molar-refractivity contribution in [2.24, 2.45) is 0 Å². The Bertz CT molecular complexity index is 1030. The molecule has 34 heavy (non-hydrogen) atoms. The molecule has 0 saturated carbocycles. The van der Waals surface area contributed by atoms with Crippen LogP contribution in [0.15, 0.2) is 48.5 Å². The molecule has 0 N–H and O–H groups in total. The number of ether oxygens (including phenoxy) is 2. The number of benzene rings is 3. The largest absolute Gasteiger partial charge is 0.492 e. The number of methoxy groups -OCH3 is 2. The van der Waals surface area contributed by atoms with E-state index in [2.05, 4.69) is 99.9 Å². The first-order valence-electron chi connectivity index (χ1n) is 12.4. The molecule has 0 heterocycles. The van der Waals surface area contributed by atoms with E-state index in [4.69, 9.17) is 9.47 Å². The van der Waals surface area contributed by atoms with E-state index < -0.39 is 0 Å². The molecule has 0 aliphatic carbocycles. The van der Waals surface area contributed by atoms with E-state index in [0.717, 1.165) is 59.9 Å². The maximum absolute atomic E-state index is 5.95. The van der Waals surface area contributed by atoms with Crippen LogP contribution in [0.5, 0.6) is 11.5 Å². The number of anilines is 2. The first-order chi connectivity index (χ1) is 16.4. The summed E-state index contributed by atoms with van der Waals surface area (Å²) in [5.41, 5.74) is 9.34. The van der Waals surface area contributed by atoms with Crippen molar-refractivity contribution in [1.29, 1.82) is 0 Å². The minimum absolute atomic E-state index is 0.769. The smallest absolute Gasteiger partial charge is 0.169 e. The molecular weight excluding hydrogens is 420 g/mol. The van der Waals surface area contributed by atoms with Gasteiger partial charge >= 0.3 is 0 Å². The second-order valence-corrected chi connectivity index (χ2v) is 8.57. The van der Waals surface area contributed by atoms with Crippen LogP contribution in [-0.4, -0.2) is 40.4 Å². The van der Waals surface area contributed by atoms with Gasteiger partial charge in [-0.15, -0.1) is 0 Å². The van der Waals surface area contributed by atoms with E-state index >= 15 is 0 Å². The number of hydrogen-bond acceptors (Lipinski definition) is 4. The van der Waals surface area contributed by atoms with Gasteiger partial charge in [0.15, 0.2) is 11.5 Å². The van der Waals surface area contributed by atoms with Crippen LogP contribution in [-0.2, 0) is 0 Å². The zero-order valence-corrected chi connectivity index (χ0v) is 22.2. The quantitative estimate of drug-likeness (QED) is 0.316. The number of hydrogen-bond donors (Lipinski definition) is 0. The molecular formula is C30H40N2O2. The molecule has 4 nitrogen and oxygen atoms in total. The Balaban J connectivity index is 2.11. The molecule has 0 bridgehead atoms. The van der Waals surface area contributed by atoms with Crippen LogP contribution in [0, 0.1) is 13.8 Å². The van der Waals surface area contributed by atoms with Gasteiger partial charge in [0.05, 0.1) is 14.2 Å². The van der Waals surface area contributed by atoms with Crippen molar-refractivity contribution in [2.45, 2.75) is 41.5 Å². The molecule has 0 aliphatic heterocycles. The van der Waals surface area contributed by atoms with E-state index in [9.17, 15) is 0 Å². The fourth-order valence-corrected chi connectivity index (χ4v) is 4.86. The summed E-state index contributed by atoms with van der Waals surface area (Å²) in [5.74, 6) is 1.54. The zero-order valence-electron chi connectivity index (χ0n) is 22.2. The highest BCUT2D eigenvalue weighted by Gasteiger charge is 2.20. The maximum atomic E-state index is 5.95. The Morgan fingerprint density at radius 1 is 0.529 bits per heavy atom. The molecule has 3 aromatic rings. The first-order valence-corrected chi connectivity index (χ1v) is 12.4. The molecule has 0 radical (unpaired) electrons. The molecule has 0 amide bonds. The Hall–Kier alpha value is -3.14. The SMILES string of the molecule is CCN(CC)c1ccc(-c2ccc(-c3ccc(N(CC)CC)cc3C)c(OC)c2OC)c(C)c1. The van der Waals surface area contributed by atoms with Gasteiger partial charge in [0.2, 0.25) is 0 Å². The van der Waals surface area contributed by atoms with Gasteiger partial charge in [-0.25, -0.2) is 0 Å². The standard InChI is InChI=1S/C30H40N2O2/c1-9-31(10-2)23-13-15-25(21(5)19-23)27-17-18-28(30(34-8)29(27)33-7)26-16-14-24(20-22(26)6)32(11-3)12-4/h13-20H,9-12H2,1-8H3. The Kier molecular flexibility index (Phi) is 8.49. The summed E-state index contributed by atoms with van der Waals surface area (Å²) in [5, 5.41) is 0. The fraction of sp³-hybridized carbons (Fsp3) is 0.400. The van der Waals surface area contributed by atoms with Crippen molar-refractivity contribution in [3.63, 3.8) is 0 Å². The normalized spacial score (nSPS) is 10.8. The van der Waals surface area contributed by atoms with E-state index in [1.54, 1.807) is 14.2 Å². The summed E-state index contributed by atoms with van der Waals surface area (Å²) >= 11 is 0. The first kappa shape index (κ1) is 25.5. The minimum Gasteiger partial charge on any atom is -0.492 e. The lowest BCUT2D eigenvalue weighted by Crippen LogP contribution is -2.21. The fourth-order valence-electron chi connectivity index (χ4n) is 4.86. The van der Waals surface area contributed by atoms with Crippen molar-refractivity contribution >= 4 is 11.4 Å². The summed E-state index contributed by atoms with van der Waals surface area (Å²) in [7, 11) is 3.45. The van der Waals surface area contributed by atoms with Crippen LogP contribution in [0.1, 0.15) is 38.8 Å². The predicted octanol–water partition coefficient (Wildman–Crippen LogP) is 7.35. The van der Waals surface area contributed by atoms with Crippen LogP contribution in [0.25, 0.3) is 22.3 Å². The van der Waals surface area contributed by atoms with E-state index in [0.29, 0.717) is 0 Å². The molecule has 0 saturated heterocycles. The number of aryl methyl sites for hydroxylation is 2. The van der Waals surface area contributed by atoms with Crippen LogP contribution in [0.2, 0.25) is 0 Å². The summed E-state index contributed by atoms with van der Waals surface area (Å²) in [6, 6.07) is 17.6. The lowest BCUT2D eigenvalue weighted by atomic mass is 9.93. The highest BCUT2D eigenvalue weighted by Crippen LogP contribution is 2.46. The lowest BCUT2D eigenvalue weighted by molar-refractivity contribution is 0.357. The second-order valence-electron chi connectivity index (χ2n) is 8.57. The van der Waals surface area contributed by atoms with Crippen molar-refractivity contribution in [1.82, 2.24) is 0 Å². The maximum Gasteiger partial charge on any atom is 0.169 e. The van der Waals surface area contributed by atoms with Crippen molar-refractivity contribution < 1.29 is 9.47 Å². The van der Waals surface area contributed by atoms with E-state index in [1.807, 2.05) is 0 Å². The van der Waals surface area contributed by atoms with E-state index in [-0.39, 0.29) is 0 Å². The summed E-state index contributed by atoms with van der Waals surface area (Å²) in [4.78, 5) is 4.73. The third-order valence-corrected chi connectivity index (χ3v) is 6.78. The molecule has 0 aromatic heterocycles. The average Bonchev–Trinajstić information content (AvgIpc) is 2.85.